The minimum atomic E-state index is 0.808. The minimum Gasteiger partial charge on any atom is -0.368 e. The van der Waals surface area contributed by atoms with Crippen molar-refractivity contribution < 1.29 is 0 Å². The van der Waals surface area contributed by atoms with Gasteiger partial charge in [-0.25, -0.2) is 0 Å². The van der Waals surface area contributed by atoms with Gasteiger partial charge in [0.05, 0.1) is 0 Å². The van der Waals surface area contributed by atoms with Crippen LogP contribution < -0.4 is 4.90 Å². The molecule has 1 saturated carbocycles. The molecule has 17 heavy (non-hydrogen) atoms. The molecule has 1 fully saturated rings. The topological polar surface area (TPSA) is 3.24 Å². The smallest absolute Gasteiger partial charge is 0.0402 e. The molecular weight excluding hydrogens is 206 g/mol. The van der Waals surface area contributed by atoms with Gasteiger partial charge in [-0.2, -0.15) is 0 Å². The van der Waals surface area contributed by atoms with E-state index >= 15 is 0 Å². The standard InChI is InChI=1S/C16H23N/c1-12-4-3-5-15(11-12)17-9-8-14-10-13(2)6-7-16(14)17/h6-7,10,12,15H,3-5,8-9,11H2,1-2H3. The maximum atomic E-state index is 2.68. The zero-order chi connectivity index (χ0) is 11.8. The zero-order valence-electron chi connectivity index (χ0n) is 11.1. The monoisotopic (exact) mass is 229 g/mol. The molecule has 0 saturated heterocycles. The Labute approximate surface area is 105 Å². The Morgan fingerprint density at radius 2 is 2.12 bits per heavy atom. The number of rotatable bonds is 1. The first kappa shape index (κ1) is 11.1. The third-order valence-corrected chi connectivity index (χ3v) is 4.52. The van der Waals surface area contributed by atoms with Crippen molar-refractivity contribution in [2.45, 2.75) is 52.0 Å². The number of aryl methyl sites for hydroxylation is 1. The Morgan fingerprint density at radius 1 is 1.24 bits per heavy atom. The molecule has 1 heterocycles. The average molecular weight is 229 g/mol. The van der Waals surface area contributed by atoms with Gasteiger partial charge in [0.15, 0.2) is 0 Å². The van der Waals surface area contributed by atoms with E-state index in [1.165, 1.54) is 49.9 Å². The molecule has 2 aliphatic rings. The van der Waals surface area contributed by atoms with Gasteiger partial charge in [-0.1, -0.05) is 37.5 Å². The highest BCUT2D eigenvalue weighted by Gasteiger charge is 2.29. The Hall–Kier alpha value is -0.980. The van der Waals surface area contributed by atoms with E-state index < -0.39 is 0 Å². The summed E-state index contributed by atoms with van der Waals surface area (Å²) in [6.45, 7) is 5.86. The molecule has 2 unspecified atom stereocenters. The van der Waals surface area contributed by atoms with E-state index in [4.69, 9.17) is 0 Å². The molecule has 1 heteroatoms. The number of benzene rings is 1. The number of fused-ring (bicyclic) bond motifs is 1. The van der Waals surface area contributed by atoms with Crippen LogP contribution in [0.15, 0.2) is 18.2 Å². The van der Waals surface area contributed by atoms with Crippen LogP contribution in [0.4, 0.5) is 5.69 Å². The third kappa shape index (κ3) is 2.08. The summed E-state index contributed by atoms with van der Waals surface area (Å²) in [7, 11) is 0. The van der Waals surface area contributed by atoms with Crippen molar-refractivity contribution in [3.8, 4) is 0 Å². The summed E-state index contributed by atoms with van der Waals surface area (Å²) in [4.78, 5) is 2.68. The van der Waals surface area contributed by atoms with Crippen molar-refractivity contribution in [2.24, 2.45) is 5.92 Å². The second kappa shape index (κ2) is 4.36. The van der Waals surface area contributed by atoms with E-state index in [2.05, 4.69) is 36.9 Å². The molecule has 1 aliphatic heterocycles. The Morgan fingerprint density at radius 3 is 2.94 bits per heavy atom. The zero-order valence-corrected chi connectivity index (χ0v) is 11.1. The maximum absolute atomic E-state index is 2.68. The van der Waals surface area contributed by atoms with Gasteiger partial charge in [0, 0.05) is 18.3 Å². The molecule has 92 valence electrons. The molecule has 0 spiro atoms. The van der Waals surface area contributed by atoms with Crippen molar-refractivity contribution in [1.82, 2.24) is 0 Å². The minimum absolute atomic E-state index is 0.808. The largest absolute Gasteiger partial charge is 0.368 e. The highest BCUT2D eigenvalue weighted by atomic mass is 15.2. The lowest BCUT2D eigenvalue weighted by atomic mass is 9.86. The lowest BCUT2D eigenvalue weighted by Gasteiger charge is -2.36. The van der Waals surface area contributed by atoms with Crippen LogP contribution in [0.2, 0.25) is 0 Å². The molecule has 3 rings (SSSR count). The van der Waals surface area contributed by atoms with E-state index in [-0.39, 0.29) is 0 Å². The molecule has 0 aromatic heterocycles. The first-order valence-electron chi connectivity index (χ1n) is 7.10. The summed E-state index contributed by atoms with van der Waals surface area (Å²) in [5.74, 6) is 0.920. The van der Waals surface area contributed by atoms with Gasteiger partial charge >= 0.3 is 0 Å². The number of hydrogen-bond acceptors (Lipinski definition) is 1. The van der Waals surface area contributed by atoms with Crippen molar-refractivity contribution in [3.05, 3.63) is 29.3 Å². The van der Waals surface area contributed by atoms with E-state index in [9.17, 15) is 0 Å². The highest BCUT2D eigenvalue weighted by molar-refractivity contribution is 5.59. The first-order chi connectivity index (χ1) is 8.24. The van der Waals surface area contributed by atoms with Gasteiger partial charge < -0.3 is 4.90 Å². The van der Waals surface area contributed by atoms with Crippen LogP contribution in [0.1, 0.15) is 43.7 Å². The maximum Gasteiger partial charge on any atom is 0.0402 e. The van der Waals surface area contributed by atoms with E-state index in [1.807, 2.05) is 0 Å². The molecule has 0 N–H and O–H groups in total. The van der Waals surface area contributed by atoms with Crippen LogP contribution >= 0.6 is 0 Å². The van der Waals surface area contributed by atoms with Crippen LogP contribution in [-0.4, -0.2) is 12.6 Å². The fourth-order valence-electron chi connectivity index (χ4n) is 3.62. The molecule has 1 nitrogen and oxygen atoms in total. The predicted molar refractivity (Wildman–Crippen MR) is 73.6 cm³/mol. The van der Waals surface area contributed by atoms with Gasteiger partial charge in [0.25, 0.3) is 0 Å². The SMILES string of the molecule is Cc1ccc2c(c1)CCN2C1CCCC(C)C1. The molecule has 0 radical (unpaired) electrons. The predicted octanol–water partition coefficient (Wildman–Crippen LogP) is 3.94. The molecule has 0 amide bonds. The summed E-state index contributed by atoms with van der Waals surface area (Å²) in [6, 6.07) is 7.80. The van der Waals surface area contributed by atoms with E-state index in [1.54, 1.807) is 5.56 Å². The quantitative estimate of drug-likeness (QED) is 0.705. The number of hydrogen-bond donors (Lipinski definition) is 0. The van der Waals surface area contributed by atoms with Gasteiger partial charge in [0.1, 0.15) is 0 Å². The fourth-order valence-corrected chi connectivity index (χ4v) is 3.62. The third-order valence-electron chi connectivity index (χ3n) is 4.52. The van der Waals surface area contributed by atoms with Crippen molar-refractivity contribution in [2.75, 3.05) is 11.4 Å². The Kier molecular flexibility index (Phi) is 2.85. The lowest BCUT2D eigenvalue weighted by Crippen LogP contribution is -2.37. The van der Waals surface area contributed by atoms with Gasteiger partial charge in [-0.05, 0) is 43.7 Å². The molecular formula is C16H23N. The Bertz CT molecular complexity index is 410. The second-order valence-electron chi connectivity index (χ2n) is 6.00. The fraction of sp³-hybridized carbons (Fsp3) is 0.625. The van der Waals surface area contributed by atoms with Crippen LogP contribution in [-0.2, 0) is 6.42 Å². The van der Waals surface area contributed by atoms with Crippen molar-refractivity contribution in [3.63, 3.8) is 0 Å². The first-order valence-corrected chi connectivity index (χ1v) is 7.10. The summed E-state index contributed by atoms with van der Waals surface area (Å²) < 4.78 is 0. The van der Waals surface area contributed by atoms with E-state index in [0.29, 0.717) is 0 Å². The average Bonchev–Trinajstić information content (AvgIpc) is 2.71. The van der Waals surface area contributed by atoms with E-state index in [0.717, 1.165) is 12.0 Å². The lowest BCUT2D eigenvalue weighted by molar-refractivity contribution is 0.332. The van der Waals surface area contributed by atoms with Gasteiger partial charge in [-0.3, -0.25) is 0 Å². The molecule has 2 atom stereocenters. The second-order valence-corrected chi connectivity index (χ2v) is 6.00. The molecule has 1 aromatic carbocycles. The van der Waals surface area contributed by atoms with Crippen LogP contribution in [0.3, 0.4) is 0 Å². The molecule has 1 aromatic rings. The molecule has 1 aliphatic carbocycles. The highest BCUT2D eigenvalue weighted by Crippen LogP contribution is 2.36. The van der Waals surface area contributed by atoms with Gasteiger partial charge in [0.2, 0.25) is 0 Å². The number of nitrogens with zero attached hydrogens (tertiary/aromatic N) is 1. The van der Waals surface area contributed by atoms with Crippen molar-refractivity contribution in [1.29, 1.82) is 0 Å². The summed E-state index contributed by atoms with van der Waals surface area (Å²) in [6.07, 6.45) is 6.90. The van der Waals surface area contributed by atoms with Crippen LogP contribution in [0.5, 0.6) is 0 Å². The molecule has 0 bridgehead atoms. The van der Waals surface area contributed by atoms with Crippen molar-refractivity contribution >= 4 is 5.69 Å². The van der Waals surface area contributed by atoms with Gasteiger partial charge in [-0.15, -0.1) is 0 Å². The summed E-state index contributed by atoms with van der Waals surface area (Å²) >= 11 is 0. The Balaban J connectivity index is 1.83. The number of anilines is 1. The van der Waals surface area contributed by atoms with Crippen LogP contribution in [0.25, 0.3) is 0 Å². The normalized spacial score (nSPS) is 28.2. The summed E-state index contributed by atoms with van der Waals surface area (Å²) in [5.41, 5.74) is 4.50. The van der Waals surface area contributed by atoms with Crippen LogP contribution in [0, 0.1) is 12.8 Å². The summed E-state index contributed by atoms with van der Waals surface area (Å²) in [5, 5.41) is 0.